The monoisotopic (exact) mass is 249 g/mol. The highest BCUT2D eigenvalue weighted by Gasteiger charge is 2.19. The Morgan fingerprint density at radius 2 is 1.83 bits per heavy atom. The van der Waals surface area contributed by atoms with E-state index in [2.05, 4.69) is 46.8 Å². The van der Waals surface area contributed by atoms with Gasteiger partial charge in [-0.15, -0.1) is 0 Å². The average Bonchev–Trinajstić information content (AvgIpc) is 2.34. The first-order valence-electron chi connectivity index (χ1n) is 6.84. The molecule has 102 valence electrons. The fourth-order valence-corrected chi connectivity index (χ4v) is 1.87. The van der Waals surface area contributed by atoms with E-state index < -0.39 is 0 Å². The van der Waals surface area contributed by atoms with Gasteiger partial charge in [-0.1, -0.05) is 59.2 Å². The van der Waals surface area contributed by atoms with Crippen LogP contribution < -0.4 is 10.5 Å². The summed E-state index contributed by atoms with van der Waals surface area (Å²) in [6.45, 7) is 11.5. The molecule has 0 saturated carbocycles. The number of hydrogen-bond acceptors (Lipinski definition) is 2. The van der Waals surface area contributed by atoms with Crippen LogP contribution in [0.15, 0.2) is 24.3 Å². The van der Waals surface area contributed by atoms with Crippen molar-refractivity contribution in [2.24, 2.45) is 11.7 Å². The predicted octanol–water partition coefficient (Wildman–Crippen LogP) is 3.74. The van der Waals surface area contributed by atoms with Crippen LogP contribution in [-0.4, -0.2) is 12.6 Å². The van der Waals surface area contributed by atoms with E-state index >= 15 is 0 Å². The van der Waals surface area contributed by atoms with E-state index in [1.165, 1.54) is 5.56 Å². The van der Waals surface area contributed by atoms with Crippen molar-refractivity contribution in [3.8, 4) is 5.75 Å². The first kappa shape index (κ1) is 15.0. The van der Waals surface area contributed by atoms with Gasteiger partial charge in [0, 0.05) is 6.04 Å². The van der Waals surface area contributed by atoms with Crippen LogP contribution in [0.4, 0.5) is 0 Å². The summed E-state index contributed by atoms with van der Waals surface area (Å²) in [4.78, 5) is 0. The lowest BCUT2D eigenvalue weighted by molar-refractivity contribution is 0.245. The summed E-state index contributed by atoms with van der Waals surface area (Å²) in [5.74, 6) is 1.45. The highest BCUT2D eigenvalue weighted by molar-refractivity contribution is 5.38. The van der Waals surface area contributed by atoms with Crippen LogP contribution in [0.2, 0.25) is 0 Å². The third kappa shape index (κ3) is 4.02. The van der Waals surface area contributed by atoms with Gasteiger partial charge in [-0.2, -0.15) is 0 Å². The molecule has 2 nitrogen and oxygen atoms in total. The smallest absolute Gasteiger partial charge is 0.123 e. The molecule has 0 aromatic heterocycles. The quantitative estimate of drug-likeness (QED) is 0.863. The largest absolute Gasteiger partial charge is 0.492 e. The van der Waals surface area contributed by atoms with Gasteiger partial charge < -0.3 is 10.5 Å². The number of para-hydroxylation sites is 1. The molecule has 2 atom stereocenters. The van der Waals surface area contributed by atoms with Gasteiger partial charge in [0.05, 0.1) is 0 Å². The molecule has 0 aliphatic carbocycles. The molecular weight excluding hydrogens is 222 g/mol. The Hall–Kier alpha value is -1.02. The van der Waals surface area contributed by atoms with Gasteiger partial charge in [0.15, 0.2) is 0 Å². The molecule has 0 spiro atoms. The summed E-state index contributed by atoms with van der Waals surface area (Å²) in [6, 6.07) is 8.33. The van der Waals surface area contributed by atoms with Gasteiger partial charge in [0.2, 0.25) is 0 Å². The molecule has 18 heavy (non-hydrogen) atoms. The maximum atomic E-state index is 6.11. The van der Waals surface area contributed by atoms with Crippen LogP contribution in [0.5, 0.6) is 5.75 Å². The molecule has 0 heterocycles. The Morgan fingerprint density at radius 1 is 1.22 bits per heavy atom. The summed E-state index contributed by atoms with van der Waals surface area (Å²) in [7, 11) is 0. The SMILES string of the molecule is CCC(C)C(N)COc1ccccc1C(C)(C)C. The summed E-state index contributed by atoms with van der Waals surface area (Å²) in [6.07, 6.45) is 1.09. The van der Waals surface area contributed by atoms with Crippen LogP contribution in [-0.2, 0) is 5.41 Å². The van der Waals surface area contributed by atoms with Crippen LogP contribution >= 0.6 is 0 Å². The summed E-state index contributed by atoms with van der Waals surface area (Å²) < 4.78 is 5.92. The Kier molecular flexibility index (Phi) is 5.21. The van der Waals surface area contributed by atoms with E-state index in [0.717, 1.165) is 12.2 Å². The lowest BCUT2D eigenvalue weighted by atomic mass is 9.86. The molecule has 0 amide bonds. The van der Waals surface area contributed by atoms with Crippen molar-refractivity contribution in [2.45, 2.75) is 52.5 Å². The molecule has 1 aromatic carbocycles. The minimum Gasteiger partial charge on any atom is -0.492 e. The highest BCUT2D eigenvalue weighted by Crippen LogP contribution is 2.31. The Bertz CT molecular complexity index is 368. The molecule has 2 unspecified atom stereocenters. The first-order valence-corrected chi connectivity index (χ1v) is 6.84. The zero-order valence-corrected chi connectivity index (χ0v) is 12.4. The molecule has 0 fully saturated rings. The van der Waals surface area contributed by atoms with Gasteiger partial charge in [0.25, 0.3) is 0 Å². The van der Waals surface area contributed by atoms with Gasteiger partial charge in [-0.25, -0.2) is 0 Å². The predicted molar refractivity (Wildman–Crippen MR) is 78.1 cm³/mol. The van der Waals surface area contributed by atoms with E-state index in [1.807, 2.05) is 12.1 Å². The number of ether oxygens (including phenoxy) is 1. The summed E-state index contributed by atoms with van der Waals surface area (Å²) in [5, 5.41) is 0. The molecule has 1 rings (SSSR count). The van der Waals surface area contributed by atoms with Crippen LogP contribution in [0.1, 0.15) is 46.6 Å². The van der Waals surface area contributed by atoms with Gasteiger partial charge >= 0.3 is 0 Å². The maximum absolute atomic E-state index is 6.11. The molecule has 0 radical (unpaired) electrons. The number of nitrogens with two attached hydrogens (primary N) is 1. The fourth-order valence-electron chi connectivity index (χ4n) is 1.87. The molecule has 1 aromatic rings. The minimum atomic E-state index is 0.0943. The lowest BCUT2D eigenvalue weighted by Crippen LogP contribution is -2.34. The fraction of sp³-hybridized carbons (Fsp3) is 0.625. The molecule has 0 aliphatic heterocycles. The minimum absolute atomic E-state index is 0.0943. The maximum Gasteiger partial charge on any atom is 0.123 e. The van der Waals surface area contributed by atoms with Crippen molar-refractivity contribution in [1.29, 1.82) is 0 Å². The van der Waals surface area contributed by atoms with Gasteiger partial charge in [-0.05, 0) is 23.0 Å². The second kappa shape index (κ2) is 6.24. The van der Waals surface area contributed by atoms with Crippen molar-refractivity contribution in [1.82, 2.24) is 0 Å². The van der Waals surface area contributed by atoms with Gasteiger partial charge in [0.1, 0.15) is 12.4 Å². The Labute approximate surface area is 112 Å². The van der Waals surface area contributed by atoms with Crippen molar-refractivity contribution in [2.75, 3.05) is 6.61 Å². The number of benzene rings is 1. The third-order valence-electron chi connectivity index (χ3n) is 3.50. The highest BCUT2D eigenvalue weighted by atomic mass is 16.5. The van der Waals surface area contributed by atoms with E-state index in [0.29, 0.717) is 12.5 Å². The lowest BCUT2D eigenvalue weighted by Gasteiger charge is -2.24. The van der Waals surface area contributed by atoms with E-state index in [4.69, 9.17) is 10.5 Å². The van der Waals surface area contributed by atoms with Crippen molar-refractivity contribution >= 4 is 0 Å². The van der Waals surface area contributed by atoms with E-state index in [9.17, 15) is 0 Å². The van der Waals surface area contributed by atoms with E-state index in [-0.39, 0.29) is 11.5 Å². The standard InChI is InChI=1S/C16H27NO/c1-6-12(2)14(17)11-18-15-10-8-7-9-13(15)16(3,4)5/h7-10,12,14H,6,11,17H2,1-5H3. The summed E-state index contributed by atoms with van der Waals surface area (Å²) in [5.41, 5.74) is 7.44. The van der Waals surface area contributed by atoms with Crippen molar-refractivity contribution in [3.05, 3.63) is 29.8 Å². The first-order chi connectivity index (χ1) is 8.36. The number of rotatable bonds is 5. The zero-order chi connectivity index (χ0) is 13.8. The summed E-state index contributed by atoms with van der Waals surface area (Å²) >= 11 is 0. The zero-order valence-electron chi connectivity index (χ0n) is 12.4. The van der Waals surface area contributed by atoms with Crippen molar-refractivity contribution in [3.63, 3.8) is 0 Å². The second-order valence-electron chi connectivity index (χ2n) is 6.11. The molecule has 0 aliphatic rings. The van der Waals surface area contributed by atoms with E-state index in [1.54, 1.807) is 0 Å². The Balaban J connectivity index is 2.74. The number of hydrogen-bond donors (Lipinski definition) is 1. The van der Waals surface area contributed by atoms with Gasteiger partial charge in [-0.3, -0.25) is 0 Å². The van der Waals surface area contributed by atoms with Crippen LogP contribution in [0.3, 0.4) is 0 Å². The molecule has 2 heteroatoms. The topological polar surface area (TPSA) is 35.2 Å². The van der Waals surface area contributed by atoms with Crippen molar-refractivity contribution < 1.29 is 4.74 Å². The Morgan fingerprint density at radius 3 is 2.39 bits per heavy atom. The second-order valence-corrected chi connectivity index (χ2v) is 6.11. The third-order valence-corrected chi connectivity index (χ3v) is 3.50. The normalized spacial score (nSPS) is 15.2. The molecule has 2 N–H and O–H groups in total. The molecule has 0 bridgehead atoms. The molecular formula is C16H27NO. The van der Waals surface area contributed by atoms with Crippen LogP contribution in [0, 0.1) is 5.92 Å². The van der Waals surface area contributed by atoms with Crippen LogP contribution in [0.25, 0.3) is 0 Å². The average molecular weight is 249 g/mol. The molecule has 0 saturated heterocycles.